The van der Waals surface area contributed by atoms with E-state index >= 15 is 0 Å². The predicted octanol–water partition coefficient (Wildman–Crippen LogP) is 5.42. The van der Waals surface area contributed by atoms with Crippen LogP contribution in [0.1, 0.15) is 10.4 Å². The highest BCUT2D eigenvalue weighted by Crippen LogP contribution is 2.30. The third-order valence-corrected chi connectivity index (χ3v) is 6.71. The molecule has 2 N–H and O–H groups in total. The molecule has 4 aromatic rings. The minimum atomic E-state index is -4.00. The van der Waals surface area contributed by atoms with Crippen molar-refractivity contribution in [1.82, 2.24) is 0 Å². The van der Waals surface area contributed by atoms with Gasteiger partial charge in [-0.05, 0) is 65.7 Å². The molecule has 1 amide bonds. The first-order valence-corrected chi connectivity index (χ1v) is 12.2. The average molecular weight is 489 g/mol. The van der Waals surface area contributed by atoms with Gasteiger partial charge in [0.25, 0.3) is 15.9 Å². The number of benzene rings is 4. The van der Waals surface area contributed by atoms with E-state index in [2.05, 4.69) is 10.0 Å². The summed E-state index contributed by atoms with van der Waals surface area (Å²) in [5, 5.41) is 2.76. The summed E-state index contributed by atoms with van der Waals surface area (Å²) < 4.78 is 39.0. The fraction of sp³-hybridized carbons (Fsp3) is 0.0741. The Morgan fingerprint density at radius 3 is 1.97 bits per heavy atom. The van der Waals surface area contributed by atoms with Crippen molar-refractivity contribution in [3.05, 3.63) is 103 Å². The van der Waals surface area contributed by atoms with Gasteiger partial charge in [-0.1, -0.05) is 42.5 Å². The summed E-state index contributed by atoms with van der Waals surface area (Å²) >= 11 is 0. The van der Waals surface area contributed by atoms with Crippen LogP contribution < -0.4 is 19.5 Å². The van der Waals surface area contributed by atoms with E-state index in [0.717, 1.165) is 11.1 Å². The molecule has 0 aliphatic rings. The molecule has 8 heteroatoms. The van der Waals surface area contributed by atoms with Gasteiger partial charge in [-0.2, -0.15) is 0 Å². The van der Waals surface area contributed by atoms with Gasteiger partial charge in [0.15, 0.2) is 0 Å². The number of ether oxygens (including phenoxy) is 2. The number of methoxy groups -OCH3 is 2. The first-order valence-electron chi connectivity index (χ1n) is 10.7. The van der Waals surface area contributed by atoms with Crippen molar-refractivity contribution in [2.24, 2.45) is 0 Å². The molecule has 0 aliphatic heterocycles. The molecule has 4 aromatic carbocycles. The van der Waals surface area contributed by atoms with E-state index in [-0.39, 0.29) is 16.6 Å². The van der Waals surface area contributed by atoms with Crippen molar-refractivity contribution in [1.29, 1.82) is 0 Å². The zero-order chi connectivity index (χ0) is 24.8. The lowest BCUT2D eigenvalue weighted by Gasteiger charge is -2.14. The molecule has 0 atom stereocenters. The fourth-order valence-corrected chi connectivity index (χ4v) is 4.74. The molecule has 0 bridgehead atoms. The topological polar surface area (TPSA) is 93.7 Å². The highest BCUT2D eigenvalue weighted by molar-refractivity contribution is 7.92. The maximum absolute atomic E-state index is 13.1. The molecule has 0 saturated heterocycles. The van der Waals surface area contributed by atoms with Crippen LogP contribution in [0.2, 0.25) is 0 Å². The van der Waals surface area contributed by atoms with Crippen molar-refractivity contribution >= 4 is 27.3 Å². The van der Waals surface area contributed by atoms with Gasteiger partial charge in [-0.25, -0.2) is 8.42 Å². The van der Waals surface area contributed by atoms with Crippen molar-refractivity contribution in [3.8, 4) is 22.6 Å². The number of hydrogen-bond donors (Lipinski definition) is 2. The van der Waals surface area contributed by atoms with E-state index in [0.29, 0.717) is 22.7 Å². The standard InChI is InChI=1S/C27H24N2O5S/c1-33-24-15-12-22(13-16-24)29-35(31,32)26-18-23(14-17-25(26)34-2)28-27(30)21-10-8-20(9-11-21)19-6-4-3-5-7-19/h3-18,29H,1-2H3,(H,28,30). The van der Waals surface area contributed by atoms with Crippen LogP contribution in [0.25, 0.3) is 11.1 Å². The second-order valence-corrected chi connectivity index (χ2v) is 9.25. The summed E-state index contributed by atoms with van der Waals surface area (Å²) in [7, 11) is -1.09. The Morgan fingerprint density at radius 2 is 1.34 bits per heavy atom. The van der Waals surface area contributed by atoms with E-state index in [9.17, 15) is 13.2 Å². The van der Waals surface area contributed by atoms with E-state index in [1.165, 1.54) is 26.4 Å². The minimum absolute atomic E-state index is 0.104. The maximum Gasteiger partial charge on any atom is 0.265 e. The van der Waals surface area contributed by atoms with Crippen LogP contribution >= 0.6 is 0 Å². The van der Waals surface area contributed by atoms with Crippen molar-refractivity contribution in [2.75, 3.05) is 24.3 Å². The van der Waals surface area contributed by atoms with Crippen molar-refractivity contribution < 1.29 is 22.7 Å². The monoisotopic (exact) mass is 488 g/mol. The summed E-state index contributed by atoms with van der Waals surface area (Å²) in [6.45, 7) is 0. The van der Waals surface area contributed by atoms with Gasteiger partial charge in [-0.3, -0.25) is 9.52 Å². The van der Waals surface area contributed by atoms with E-state index in [1.807, 2.05) is 42.5 Å². The number of carbonyl (C=O) groups excluding carboxylic acids is 1. The third kappa shape index (κ3) is 5.62. The minimum Gasteiger partial charge on any atom is -0.497 e. The first kappa shape index (κ1) is 23.8. The van der Waals surface area contributed by atoms with Gasteiger partial charge in [0.2, 0.25) is 0 Å². The Kier molecular flexibility index (Phi) is 7.03. The normalized spacial score (nSPS) is 10.9. The van der Waals surface area contributed by atoms with Crippen LogP contribution in [0.3, 0.4) is 0 Å². The number of amides is 1. The molecule has 0 aromatic heterocycles. The molecule has 0 unspecified atom stereocenters. The van der Waals surface area contributed by atoms with Crippen LogP contribution in [-0.4, -0.2) is 28.5 Å². The maximum atomic E-state index is 13.1. The third-order valence-electron chi connectivity index (χ3n) is 5.31. The second-order valence-electron chi connectivity index (χ2n) is 7.60. The number of hydrogen-bond acceptors (Lipinski definition) is 5. The molecule has 0 radical (unpaired) electrons. The Balaban J connectivity index is 1.54. The van der Waals surface area contributed by atoms with Gasteiger partial charge in [0, 0.05) is 16.9 Å². The van der Waals surface area contributed by atoms with Crippen LogP contribution in [0.5, 0.6) is 11.5 Å². The van der Waals surface area contributed by atoms with Crippen LogP contribution in [0, 0.1) is 0 Å². The summed E-state index contributed by atoms with van der Waals surface area (Å²) in [6.07, 6.45) is 0. The average Bonchev–Trinajstić information content (AvgIpc) is 2.89. The molecule has 0 fully saturated rings. The Labute approximate surface area is 204 Å². The lowest BCUT2D eigenvalue weighted by molar-refractivity contribution is 0.102. The predicted molar refractivity (Wildman–Crippen MR) is 137 cm³/mol. The lowest BCUT2D eigenvalue weighted by Crippen LogP contribution is -2.16. The molecular formula is C27H24N2O5S. The Morgan fingerprint density at radius 1 is 0.714 bits per heavy atom. The number of carbonyl (C=O) groups is 1. The van der Waals surface area contributed by atoms with E-state index < -0.39 is 10.0 Å². The van der Waals surface area contributed by atoms with E-state index in [4.69, 9.17) is 9.47 Å². The number of anilines is 2. The fourth-order valence-electron chi connectivity index (χ4n) is 3.48. The molecule has 4 rings (SSSR count). The smallest absolute Gasteiger partial charge is 0.265 e. The first-order chi connectivity index (χ1) is 16.9. The second kappa shape index (κ2) is 10.3. The lowest BCUT2D eigenvalue weighted by atomic mass is 10.0. The number of rotatable bonds is 8. The van der Waals surface area contributed by atoms with Gasteiger partial charge in [-0.15, -0.1) is 0 Å². The summed E-state index contributed by atoms with van der Waals surface area (Å²) in [5.74, 6) is 0.393. The molecular weight excluding hydrogens is 464 g/mol. The Bertz CT molecular complexity index is 1420. The SMILES string of the molecule is COc1ccc(NS(=O)(=O)c2cc(NC(=O)c3ccc(-c4ccccc4)cc3)ccc2OC)cc1. The quantitative estimate of drug-likeness (QED) is 0.345. The molecule has 7 nitrogen and oxygen atoms in total. The van der Waals surface area contributed by atoms with Gasteiger partial charge < -0.3 is 14.8 Å². The highest BCUT2D eigenvalue weighted by atomic mass is 32.2. The van der Waals surface area contributed by atoms with Gasteiger partial charge in [0.1, 0.15) is 16.4 Å². The van der Waals surface area contributed by atoms with Gasteiger partial charge >= 0.3 is 0 Å². The summed E-state index contributed by atoms with van der Waals surface area (Å²) in [4.78, 5) is 12.7. The van der Waals surface area contributed by atoms with Crippen LogP contribution in [0.4, 0.5) is 11.4 Å². The molecule has 0 aliphatic carbocycles. The zero-order valence-electron chi connectivity index (χ0n) is 19.2. The molecule has 178 valence electrons. The Hall–Kier alpha value is -4.30. The van der Waals surface area contributed by atoms with E-state index in [1.54, 1.807) is 42.5 Å². The zero-order valence-corrected chi connectivity index (χ0v) is 20.0. The van der Waals surface area contributed by atoms with Crippen LogP contribution in [-0.2, 0) is 10.0 Å². The van der Waals surface area contributed by atoms with Gasteiger partial charge in [0.05, 0.1) is 14.2 Å². The highest BCUT2D eigenvalue weighted by Gasteiger charge is 2.21. The van der Waals surface area contributed by atoms with Crippen molar-refractivity contribution in [2.45, 2.75) is 4.90 Å². The number of nitrogens with one attached hydrogen (secondary N) is 2. The summed E-state index contributed by atoms with van der Waals surface area (Å²) in [6, 6.07) is 27.9. The van der Waals surface area contributed by atoms with Crippen LogP contribution in [0.15, 0.2) is 102 Å². The molecule has 35 heavy (non-hydrogen) atoms. The molecule has 0 saturated carbocycles. The molecule has 0 heterocycles. The summed E-state index contributed by atoms with van der Waals surface area (Å²) in [5.41, 5.74) is 3.17. The van der Waals surface area contributed by atoms with Crippen molar-refractivity contribution in [3.63, 3.8) is 0 Å². The molecule has 0 spiro atoms. The largest absolute Gasteiger partial charge is 0.497 e. The number of sulfonamides is 1.